The highest BCUT2D eigenvalue weighted by Gasteiger charge is 2.46. The van der Waals surface area contributed by atoms with E-state index in [1.165, 1.54) is 25.6 Å². The summed E-state index contributed by atoms with van der Waals surface area (Å²) in [5.41, 5.74) is 11.5. The Morgan fingerprint density at radius 1 is 1.07 bits per heavy atom. The summed E-state index contributed by atoms with van der Waals surface area (Å²) in [6.45, 7) is 4.34. The van der Waals surface area contributed by atoms with Gasteiger partial charge in [0.1, 0.15) is 23.6 Å². The number of aromatic nitrogens is 4. The fraction of sp³-hybridized carbons (Fsp3) is 0.484. The maximum atomic E-state index is 13.7. The summed E-state index contributed by atoms with van der Waals surface area (Å²) in [6, 6.07) is 5.61. The molecule has 1 saturated carbocycles. The predicted octanol–water partition coefficient (Wildman–Crippen LogP) is 3.99. The van der Waals surface area contributed by atoms with E-state index in [1.807, 2.05) is 4.68 Å². The van der Waals surface area contributed by atoms with E-state index in [2.05, 4.69) is 26.8 Å². The number of carbonyl (C=O) groups excluding carboxylic acids is 1. The van der Waals surface area contributed by atoms with E-state index in [0.29, 0.717) is 28.3 Å². The molecule has 2 aromatic heterocycles. The lowest BCUT2D eigenvalue weighted by molar-refractivity contribution is -0.123. The molecule has 1 unspecified atom stereocenters. The number of halogens is 3. The van der Waals surface area contributed by atoms with Crippen molar-refractivity contribution < 1.29 is 22.7 Å². The van der Waals surface area contributed by atoms with Crippen molar-refractivity contribution in [2.45, 2.75) is 55.8 Å². The lowest BCUT2D eigenvalue weighted by Crippen LogP contribution is -2.49. The summed E-state index contributed by atoms with van der Waals surface area (Å²) >= 11 is 0. The van der Waals surface area contributed by atoms with Crippen LogP contribution < -0.4 is 16.2 Å². The van der Waals surface area contributed by atoms with Crippen molar-refractivity contribution in [3.63, 3.8) is 0 Å². The van der Waals surface area contributed by atoms with Crippen LogP contribution in [0.1, 0.15) is 43.7 Å². The first-order valence-corrected chi connectivity index (χ1v) is 14.9. The molecule has 1 amide bonds. The molecule has 1 saturated heterocycles. The molecule has 1 aliphatic heterocycles. The monoisotopic (exact) mass is 610 g/mol. The number of alkyl halides is 3. The molecule has 3 aromatic rings. The molecular formula is C31H37F3N8O2. The minimum atomic E-state index is -4.61. The molecule has 234 valence electrons. The fourth-order valence-electron chi connectivity index (χ4n) is 6.94. The van der Waals surface area contributed by atoms with E-state index in [4.69, 9.17) is 21.3 Å². The zero-order valence-corrected chi connectivity index (χ0v) is 24.8. The van der Waals surface area contributed by atoms with Crippen LogP contribution in [0.5, 0.6) is 5.75 Å². The number of rotatable bonds is 6. The van der Waals surface area contributed by atoms with Crippen molar-refractivity contribution in [2.75, 3.05) is 46.1 Å². The number of anilines is 1. The number of nitrogens with two attached hydrogens (primary N) is 2. The van der Waals surface area contributed by atoms with Crippen molar-refractivity contribution in [2.24, 2.45) is 5.73 Å². The number of nitrogen functional groups attached to an aromatic ring is 1. The van der Waals surface area contributed by atoms with Gasteiger partial charge < -0.3 is 21.1 Å². The third kappa shape index (κ3) is 5.32. The van der Waals surface area contributed by atoms with Crippen LogP contribution in [0.4, 0.5) is 19.0 Å². The molecule has 10 nitrogen and oxygen atoms in total. The first kappa shape index (κ1) is 30.1. The Morgan fingerprint density at radius 3 is 2.43 bits per heavy atom. The molecular weight excluding hydrogens is 573 g/mol. The molecule has 1 aromatic carbocycles. The number of fused-ring (bicyclic) bond motifs is 1. The Kier molecular flexibility index (Phi) is 7.87. The van der Waals surface area contributed by atoms with E-state index in [0.717, 1.165) is 57.9 Å². The van der Waals surface area contributed by atoms with E-state index in [9.17, 15) is 18.0 Å². The van der Waals surface area contributed by atoms with Crippen LogP contribution in [0.15, 0.2) is 48.3 Å². The largest absolute Gasteiger partial charge is 0.496 e. The van der Waals surface area contributed by atoms with E-state index in [-0.39, 0.29) is 23.2 Å². The van der Waals surface area contributed by atoms with Gasteiger partial charge in [0.05, 0.1) is 24.0 Å². The van der Waals surface area contributed by atoms with Crippen LogP contribution in [-0.4, -0.2) is 88.0 Å². The third-order valence-electron chi connectivity index (χ3n) is 9.49. The second-order valence-electron chi connectivity index (χ2n) is 12.0. The van der Waals surface area contributed by atoms with Gasteiger partial charge in [-0.15, -0.1) is 0 Å². The standard InChI is InChI=1S/C31H37F3N8O2/c1-40-12-14-41(15-13-40)21-6-8-22(9-7-21)42-28-25(27(35)37-18-38-28)26(39-42)19-5-10-23(24(16-19)44-2)30(29(36)43)11-3-4-20(17-30)31(32,33)34/h3-5,10-11,16,18,21-22H,6-9,12-15,17H2,1-2H3,(H2,36,43)(H2,35,37,38). The van der Waals surface area contributed by atoms with Gasteiger partial charge in [-0.05, 0) is 45.2 Å². The fourth-order valence-corrected chi connectivity index (χ4v) is 6.94. The number of allylic oxidation sites excluding steroid dienone is 3. The van der Waals surface area contributed by atoms with Crippen molar-refractivity contribution in [1.82, 2.24) is 29.5 Å². The summed E-state index contributed by atoms with van der Waals surface area (Å²) < 4.78 is 48.6. The summed E-state index contributed by atoms with van der Waals surface area (Å²) in [4.78, 5) is 26.5. The highest BCUT2D eigenvalue weighted by Crippen LogP contribution is 2.46. The Morgan fingerprint density at radius 2 is 1.77 bits per heavy atom. The first-order chi connectivity index (χ1) is 21.0. The lowest BCUT2D eigenvalue weighted by Gasteiger charge is -2.41. The third-order valence-corrected chi connectivity index (χ3v) is 9.49. The summed E-state index contributed by atoms with van der Waals surface area (Å²) in [5.74, 6) is -0.427. The average molecular weight is 611 g/mol. The SMILES string of the molecule is COc1cc(-c2nn(C3CCC(N4CCN(C)CC4)CC3)c3ncnc(N)c23)ccc1C1(C(N)=O)C=CC=C(C(F)(F)F)C1. The summed E-state index contributed by atoms with van der Waals surface area (Å²) in [5, 5.41) is 5.59. The lowest BCUT2D eigenvalue weighted by atomic mass is 9.71. The van der Waals surface area contributed by atoms with Crippen LogP contribution in [0, 0.1) is 0 Å². The first-order valence-electron chi connectivity index (χ1n) is 14.9. The molecule has 44 heavy (non-hydrogen) atoms. The quantitative estimate of drug-likeness (QED) is 0.429. The second kappa shape index (κ2) is 11.5. The van der Waals surface area contributed by atoms with Crippen LogP contribution in [0.3, 0.4) is 0 Å². The van der Waals surface area contributed by atoms with Gasteiger partial charge in [-0.1, -0.05) is 30.4 Å². The Balaban J connectivity index is 1.34. The van der Waals surface area contributed by atoms with Crippen molar-refractivity contribution in [1.29, 1.82) is 0 Å². The maximum Gasteiger partial charge on any atom is 0.412 e. The summed E-state index contributed by atoms with van der Waals surface area (Å²) in [6.07, 6.45) is 3.78. The number of methoxy groups -OCH3 is 1. The van der Waals surface area contributed by atoms with Gasteiger partial charge in [0.15, 0.2) is 5.65 Å². The molecule has 3 heterocycles. The Labute approximate surface area is 253 Å². The van der Waals surface area contributed by atoms with Gasteiger partial charge in [0.2, 0.25) is 5.91 Å². The molecule has 0 bridgehead atoms. The minimum Gasteiger partial charge on any atom is -0.496 e. The number of hydrogen-bond acceptors (Lipinski definition) is 8. The number of amides is 1. The van der Waals surface area contributed by atoms with Gasteiger partial charge in [-0.2, -0.15) is 18.3 Å². The topological polar surface area (TPSA) is 128 Å². The number of piperazine rings is 1. The Hall–Kier alpha value is -3.97. The van der Waals surface area contributed by atoms with Gasteiger partial charge in [0, 0.05) is 48.9 Å². The normalized spacial score (nSPS) is 25.2. The second-order valence-corrected chi connectivity index (χ2v) is 12.0. The molecule has 0 radical (unpaired) electrons. The van der Waals surface area contributed by atoms with Gasteiger partial charge >= 0.3 is 6.18 Å². The van der Waals surface area contributed by atoms with Gasteiger partial charge in [-0.25, -0.2) is 14.6 Å². The average Bonchev–Trinajstić information content (AvgIpc) is 3.42. The van der Waals surface area contributed by atoms with Crippen LogP contribution in [0.2, 0.25) is 0 Å². The smallest absolute Gasteiger partial charge is 0.412 e. The van der Waals surface area contributed by atoms with Gasteiger partial charge in [0.25, 0.3) is 0 Å². The molecule has 2 aliphatic carbocycles. The number of primary amides is 1. The number of nitrogens with zero attached hydrogens (tertiary/aromatic N) is 6. The van der Waals surface area contributed by atoms with Crippen molar-refractivity contribution in [3.8, 4) is 17.0 Å². The van der Waals surface area contributed by atoms with E-state index in [1.54, 1.807) is 18.2 Å². The minimum absolute atomic E-state index is 0.128. The van der Waals surface area contributed by atoms with E-state index >= 15 is 0 Å². The van der Waals surface area contributed by atoms with Crippen molar-refractivity contribution in [3.05, 3.63) is 53.9 Å². The van der Waals surface area contributed by atoms with E-state index < -0.39 is 29.5 Å². The van der Waals surface area contributed by atoms with Crippen LogP contribution in [-0.2, 0) is 10.2 Å². The van der Waals surface area contributed by atoms with Gasteiger partial charge in [-0.3, -0.25) is 9.69 Å². The maximum absolute atomic E-state index is 13.7. The number of likely N-dealkylation sites (N-methyl/N-ethyl adjacent to an activating group) is 1. The molecule has 2 fully saturated rings. The molecule has 4 N–H and O–H groups in total. The highest BCUT2D eigenvalue weighted by atomic mass is 19.4. The van der Waals surface area contributed by atoms with Crippen LogP contribution >= 0.6 is 0 Å². The summed E-state index contributed by atoms with van der Waals surface area (Å²) in [7, 11) is 3.56. The van der Waals surface area contributed by atoms with Crippen molar-refractivity contribution >= 4 is 22.8 Å². The zero-order valence-electron chi connectivity index (χ0n) is 24.8. The highest BCUT2D eigenvalue weighted by molar-refractivity contribution is 5.99. The number of benzene rings is 1. The molecule has 3 aliphatic rings. The number of carbonyl (C=O) groups is 1. The van der Waals surface area contributed by atoms with Crippen LogP contribution in [0.25, 0.3) is 22.3 Å². The predicted molar refractivity (Wildman–Crippen MR) is 161 cm³/mol. The molecule has 0 spiro atoms. The Bertz CT molecular complexity index is 1620. The molecule has 6 rings (SSSR count). The zero-order chi connectivity index (χ0) is 31.2. The molecule has 13 heteroatoms. The number of hydrogen-bond donors (Lipinski definition) is 2. The number of ether oxygens (including phenoxy) is 1. The molecule has 1 atom stereocenters.